The largest absolute Gasteiger partial charge is 0.444 e. The summed E-state index contributed by atoms with van der Waals surface area (Å²) >= 11 is 0. The highest BCUT2D eigenvalue weighted by Crippen LogP contribution is 2.18. The van der Waals surface area contributed by atoms with Gasteiger partial charge in [0.05, 0.1) is 12.6 Å². The lowest BCUT2D eigenvalue weighted by Gasteiger charge is -2.39. The topological polar surface area (TPSA) is 60.4 Å². The van der Waals surface area contributed by atoms with Crippen molar-refractivity contribution in [1.82, 2.24) is 20.0 Å². The van der Waals surface area contributed by atoms with Crippen LogP contribution in [0.4, 0.5) is 4.79 Å². The van der Waals surface area contributed by atoms with Gasteiger partial charge in [-0.2, -0.15) is 0 Å². The Morgan fingerprint density at radius 3 is 2.68 bits per heavy atom. The van der Waals surface area contributed by atoms with Crippen LogP contribution < -0.4 is 5.32 Å². The van der Waals surface area contributed by atoms with Gasteiger partial charge in [0.2, 0.25) is 0 Å². The molecular weight excluding hydrogens is 318 g/mol. The molecule has 2 heterocycles. The minimum absolute atomic E-state index is 0.215. The molecule has 0 saturated carbocycles. The number of amides is 1. The van der Waals surface area contributed by atoms with E-state index < -0.39 is 5.60 Å². The first-order valence-electron chi connectivity index (χ1n) is 9.59. The summed E-state index contributed by atoms with van der Waals surface area (Å²) < 4.78 is 5.49. The van der Waals surface area contributed by atoms with Gasteiger partial charge in [-0.05, 0) is 46.8 Å². The first kappa shape index (κ1) is 19.8. The normalized spacial score (nSPS) is 20.6. The van der Waals surface area contributed by atoms with E-state index in [1.54, 1.807) is 0 Å². The second-order valence-corrected chi connectivity index (χ2v) is 7.75. The number of carbonyl (C=O) groups excluding carboxylic acids is 1. The number of nitrogens with one attached hydrogen (secondary N) is 1. The van der Waals surface area contributed by atoms with E-state index in [9.17, 15) is 4.79 Å². The Kier molecular flexibility index (Phi) is 6.93. The third-order valence-electron chi connectivity index (χ3n) is 4.69. The summed E-state index contributed by atoms with van der Waals surface area (Å²) in [5.41, 5.74) is -0.446. The molecule has 0 radical (unpaired) electrons. The van der Waals surface area contributed by atoms with Gasteiger partial charge in [0, 0.05) is 26.2 Å². The molecule has 0 aromatic heterocycles. The molecule has 0 aliphatic carbocycles. The van der Waals surface area contributed by atoms with Crippen LogP contribution in [-0.4, -0.2) is 90.8 Å². The molecule has 1 atom stereocenters. The number of ether oxygens (including phenoxy) is 1. The van der Waals surface area contributed by atoms with Crippen LogP contribution in [0.1, 0.15) is 41.0 Å². The van der Waals surface area contributed by atoms with Gasteiger partial charge in [0.1, 0.15) is 5.60 Å². The van der Waals surface area contributed by atoms with Crippen molar-refractivity contribution in [2.75, 3.05) is 52.4 Å². The summed E-state index contributed by atoms with van der Waals surface area (Å²) in [5.74, 6) is 0.994. The van der Waals surface area contributed by atoms with Gasteiger partial charge in [-0.1, -0.05) is 13.8 Å². The van der Waals surface area contributed by atoms with E-state index >= 15 is 0 Å². The number of hydrogen-bond donors (Lipinski definition) is 1. The number of aliphatic imine (C=N–C) groups is 1. The molecule has 0 spiro atoms. The summed E-state index contributed by atoms with van der Waals surface area (Å²) in [6, 6.07) is 0.270. The number of hydrogen-bond acceptors (Lipinski definition) is 6. The van der Waals surface area contributed by atoms with Crippen LogP contribution in [0.3, 0.4) is 0 Å². The van der Waals surface area contributed by atoms with Crippen molar-refractivity contribution in [3.8, 4) is 0 Å². The summed E-state index contributed by atoms with van der Waals surface area (Å²) in [5, 5.41) is 3.48. The van der Waals surface area contributed by atoms with Crippen LogP contribution in [0, 0.1) is 0 Å². The van der Waals surface area contributed by atoms with Gasteiger partial charge in [-0.3, -0.25) is 4.99 Å². The number of rotatable bonds is 6. The zero-order valence-corrected chi connectivity index (χ0v) is 16.5. The molecular formula is C18H35N5O2. The maximum atomic E-state index is 12.2. The fourth-order valence-electron chi connectivity index (χ4n) is 3.27. The standard InChI is InChI=1S/C18H35N5O2/c1-6-21(7-2)10-8-9-19-16-20-13-15-14-22(11-12-23(15)16)17(24)25-18(3,4)5/h15H,6-14H2,1-5H3,(H,19,20). The average Bonchev–Trinajstić information content (AvgIpc) is 2.96. The van der Waals surface area contributed by atoms with Crippen molar-refractivity contribution < 1.29 is 9.53 Å². The zero-order chi connectivity index (χ0) is 18.4. The lowest BCUT2D eigenvalue weighted by molar-refractivity contribution is 0.0137. The molecule has 144 valence electrons. The second kappa shape index (κ2) is 8.74. The molecule has 7 heteroatoms. The van der Waals surface area contributed by atoms with E-state index in [-0.39, 0.29) is 12.1 Å². The van der Waals surface area contributed by atoms with Crippen molar-refractivity contribution in [3.05, 3.63) is 0 Å². The van der Waals surface area contributed by atoms with Gasteiger partial charge < -0.3 is 24.8 Å². The van der Waals surface area contributed by atoms with E-state index in [2.05, 4.69) is 34.0 Å². The van der Waals surface area contributed by atoms with E-state index in [1.165, 1.54) is 0 Å². The molecule has 0 bridgehead atoms. The van der Waals surface area contributed by atoms with E-state index in [1.807, 2.05) is 25.7 Å². The maximum absolute atomic E-state index is 12.2. The Morgan fingerprint density at radius 1 is 1.32 bits per heavy atom. The molecule has 2 rings (SSSR count). The number of guanidine groups is 1. The molecule has 0 aromatic rings. The zero-order valence-electron chi connectivity index (χ0n) is 16.5. The molecule has 1 amide bonds. The van der Waals surface area contributed by atoms with Crippen LogP contribution in [-0.2, 0) is 4.74 Å². The van der Waals surface area contributed by atoms with Crippen LogP contribution in [0.5, 0.6) is 0 Å². The molecule has 2 aliphatic rings. The van der Waals surface area contributed by atoms with Crippen LogP contribution >= 0.6 is 0 Å². The van der Waals surface area contributed by atoms with E-state index in [4.69, 9.17) is 4.74 Å². The first-order chi connectivity index (χ1) is 11.8. The summed E-state index contributed by atoms with van der Waals surface area (Å²) in [6.45, 7) is 17.3. The second-order valence-electron chi connectivity index (χ2n) is 7.75. The van der Waals surface area contributed by atoms with Crippen LogP contribution in [0.25, 0.3) is 0 Å². The van der Waals surface area contributed by atoms with Gasteiger partial charge in [0.15, 0.2) is 5.96 Å². The van der Waals surface area contributed by atoms with Gasteiger partial charge in [-0.15, -0.1) is 0 Å². The first-order valence-corrected chi connectivity index (χ1v) is 9.59. The predicted molar refractivity (Wildman–Crippen MR) is 101 cm³/mol. The lowest BCUT2D eigenvalue weighted by Crippen LogP contribution is -2.57. The molecule has 7 nitrogen and oxygen atoms in total. The number of piperazine rings is 1. The molecule has 1 fully saturated rings. The van der Waals surface area contributed by atoms with E-state index in [0.29, 0.717) is 13.1 Å². The Morgan fingerprint density at radius 2 is 2.04 bits per heavy atom. The monoisotopic (exact) mass is 353 g/mol. The van der Waals surface area contributed by atoms with Crippen molar-refractivity contribution in [1.29, 1.82) is 0 Å². The predicted octanol–water partition coefficient (Wildman–Crippen LogP) is 1.60. The summed E-state index contributed by atoms with van der Waals surface area (Å²) in [7, 11) is 0. The Labute approximate surface area is 152 Å². The molecule has 25 heavy (non-hydrogen) atoms. The summed E-state index contributed by atoms with van der Waals surface area (Å²) in [6.07, 6.45) is 0.899. The fourth-order valence-corrected chi connectivity index (χ4v) is 3.27. The molecule has 2 aliphatic heterocycles. The lowest BCUT2D eigenvalue weighted by atomic mass is 10.2. The quantitative estimate of drug-likeness (QED) is 0.735. The highest BCUT2D eigenvalue weighted by Gasteiger charge is 2.36. The summed E-state index contributed by atoms with van der Waals surface area (Å²) in [4.78, 5) is 23.4. The fraction of sp³-hybridized carbons (Fsp3) is 0.889. The SMILES string of the molecule is CCN(CC)CCCNC1=NCC2CN(C(=O)OC(C)(C)C)CCN12. The number of carbonyl (C=O) groups is 1. The Hall–Kier alpha value is -1.50. The smallest absolute Gasteiger partial charge is 0.410 e. The molecule has 1 N–H and O–H groups in total. The minimum Gasteiger partial charge on any atom is -0.444 e. The van der Waals surface area contributed by atoms with Crippen molar-refractivity contribution in [2.45, 2.75) is 52.7 Å². The van der Waals surface area contributed by atoms with Crippen molar-refractivity contribution in [2.24, 2.45) is 4.99 Å². The average molecular weight is 354 g/mol. The third-order valence-corrected chi connectivity index (χ3v) is 4.69. The van der Waals surface area contributed by atoms with Gasteiger partial charge in [-0.25, -0.2) is 4.79 Å². The number of fused-ring (bicyclic) bond motifs is 1. The molecule has 0 aromatic carbocycles. The molecule has 1 saturated heterocycles. The van der Waals surface area contributed by atoms with Gasteiger partial charge >= 0.3 is 6.09 Å². The van der Waals surface area contributed by atoms with Gasteiger partial charge in [0.25, 0.3) is 0 Å². The maximum Gasteiger partial charge on any atom is 0.410 e. The molecule has 1 unspecified atom stereocenters. The third kappa shape index (κ3) is 5.76. The van der Waals surface area contributed by atoms with Crippen molar-refractivity contribution in [3.63, 3.8) is 0 Å². The van der Waals surface area contributed by atoms with E-state index in [0.717, 1.165) is 51.6 Å². The Balaban J connectivity index is 1.73. The van der Waals surface area contributed by atoms with Crippen LogP contribution in [0.2, 0.25) is 0 Å². The van der Waals surface area contributed by atoms with Crippen molar-refractivity contribution >= 4 is 12.1 Å². The van der Waals surface area contributed by atoms with Crippen LogP contribution in [0.15, 0.2) is 4.99 Å². The minimum atomic E-state index is -0.446. The highest BCUT2D eigenvalue weighted by atomic mass is 16.6. The Bertz CT molecular complexity index is 471. The highest BCUT2D eigenvalue weighted by molar-refractivity contribution is 5.82. The number of nitrogens with zero attached hydrogens (tertiary/aromatic N) is 4.